The number of thioether (sulfide) groups is 1. The highest BCUT2D eigenvalue weighted by Crippen LogP contribution is 2.66. The summed E-state index contributed by atoms with van der Waals surface area (Å²) in [5, 5.41) is 4.29. The van der Waals surface area contributed by atoms with Gasteiger partial charge in [-0.15, -0.1) is 11.8 Å². The molecule has 2 aromatic carbocycles. The third-order valence-electron chi connectivity index (χ3n) is 6.95. The largest absolute Gasteiger partial charge is 0.127 e. The second-order valence-corrected chi connectivity index (χ2v) is 12.7. The van der Waals surface area contributed by atoms with Gasteiger partial charge in [-0.2, -0.15) is 0 Å². The van der Waals surface area contributed by atoms with E-state index in [1.165, 1.54) is 56.3 Å². The lowest BCUT2D eigenvalue weighted by atomic mass is 9.88. The summed E-state index contributed by atoms with van der Waals surface area (Å²) < 4.78 is 0. The molecule has 0 nitrogen and oxygen atoms in total. The first-order chi connectivity index (χ1) is 14.3. The number of hydrogen-bond acceptors (Lipinski definition) is 1. The number of benzene rings is 2. The topological polar surface area (TPSA) is 0 Å². The molecule has 2 aromatic rings. The van der Waals surface area contributed by atoms with Crippen LogP contribution in [0, 0.1) is 5.92 Å². The van der Waals surface area contributed by atoms with Crippen LogP contribution in [0.25, 0.3) is 0 Å². The van der Waals surface area contributed by atoms with E-state index in [-0.39, 0.29) is 7.92 Å². The zero-order valence-electron chi connectivity index (χ0n) is 17.9. The van der Waals surface area contributed by atoms with E-state index in [0.29, 0.717) is 5.16 Å². The molecule has 2 aliphatic rings. The van der Waals surface area contributed by atoms with Gasteiger partial charge in [-0.25, -0.2) is 0 Å². The molecule has 0 saturated heterocycles. The normalized spacial score (nSPS) is 25.0. The second kappa shape index (κ2) is 9.84. The van der Waals surface area contributed by atoms with Crippen LogP contribution < -0.4 is 10.6 Å². The predicted molar refractivity (Wildman–Crippen MR) is 133 cm³/mol. The molecule has 0 heterocycles. The molecule has 1 unspecified atom stereocenters. The summed E-state index contributed by atoms with van der Waals surface area (Å²) in [5.41, 5.74) is 0. The Hall–Kier alpha value is -1.04. The lowest BCUT2D eigenvalue weighted by molar-refractivity contribution is 0.391. The van der Waals surface area contributed by atoms with Crippen molar-refractivity contribution in [2.24, 2.45) is 5.92 Å². The molecular formula is C27H35PS. The van der Waals surface area contributed by atoms with E-state index in [9.17, 15) is 0 Å². The van der Waals surface area contributed by atoms with Crippen LogP contribution in [0.3, 0.4) is 0 Å². The first kappa shape index (κ1) is 21.2. The molecule has 0 bridgehead atoms. The van der Waals surface area contributed by atoms with Crippen LogP contribution in [-0.4, -0.2) is 10.4 Å². The molecule has 154 valence electrons. The van der Waals surface area contributed by atoms with Crippen molar-refractivity contribution in [2.75, 3.05) is 0 Å². The fraction of sp³-hybridized carbons (Fsp3) is 0.481. The van der Waals surface area contributed by atoms with Crippen LogP contribution in [0.4, 0.5) is 0 Å². The van der Waals surface area contributed by atoms with E-state index in [1.54, 1.807) is 10.6 Å². The fourth-order valence-electron chi connectivity index (χ4n) is 5.80. The van der Waals surface area contributed by atoms with Gasteiger partial charge >= 0.3 is 0 Å². The first-order valence-electron chi connectivity index (χ1n) is 11.5. The maximum absolute atomic E-state index is 4.48. The van der Waals surface area contributed by atoms with Gasteiger partial charge in [-0.05, 0) is 61.5 Å². The maximum Gasteiger partial charge on any atom is 0.0195 e. The van der Waals surface area contributed by atoms with Gasteiger partial charge in [0.25, 0.3) is 0 Å². The Kier molecular flexibility index (Phi) is 7.20. The third kappa shape index (κ3) is 4.38. The Bertz CT molecular complexity index is 741. The number of allylic oxidation sites excluding steroid dienone is 1. The van der Waals surface area contributed by atoms with Crippen molar-refractivity contribution in [3.05, 3.63) is 72.1 Å². The predicted octanol–water partition coefficient (Wildman–Crippen LogP) is 7.65. The Morgan fingerprint density at radius 3 is 2.07 bits per heavy atom. The Balaban J connectivity index is 1.82. The average molecular weight is 423 g/mol. The highest BCUT2D eigenvalue weighted by molar-refractivity contribution is 8.04. The molecule has 0 N–H and O–H groups in total. The molecule has 29 heavy (non-hydrogen) atoms. The molecule has 0 spiro atoms. The van der Waals surface area contributed by atoms with Crippen LogP contribution in [-0.2, 0) is 0 Å². The summed E-state index contributed by atoms with van der Waals surface area (Å²) in [5.74, 6) is 0.864. The van der Waals surface area contributed by atoms with E-state index in [0.717, 1.165) is 17.6 Å². The molecule has 2 saturated carbocycles. The van der Waals surface area contributed by atoms with Crippen molar-refractivity contribution in [3.8, 4) is 0 Å². The third-order valence-corrected chi connectivity index (χ3v) is 12.0. The molecule has 0 aliphatic heterocycles. The van der Waals surface area contributed by atoms with Crippen molar-refractivity contribution >= 4 is 30.3 Å². The quantitative estimate of drug-likeness (QED) is 0.394. The van der Waals surface area contributed by atoms with E-state index in [2.05, 4.69) is 85.9 Å². The van der Waals surface area contributed by atoms with Gasteiger partial charge in [-0.3, -0.25) is 0 Å². The van der Waals surface area contributed by atoms with Crippen LogP contribution in [0.5, 0.6) is 0 Å². The standard InChI is InChI=1S/C27H35PS/c1-3-13-22(2)29-26-20-12-21-27(26,23-14-10-11-15-23)28(24-16-6-4-7-17-24)25-18-8-5-9-19-25/h4-9,16-19,23,26H,2-3,10-15,20-21H2,1H3/t26-,27?/m0/s1. The van der Waals surface area contributed by atoms with Gasteiger partial charge in [0.15, 0.2) is 0 Å². The highest BCUT2D eigenvalue weighted by Gasteiger charge is 2.54. The minimum atomic E-state index is -0.388. The highest BCUT2D eigenvalue weighted by atomic mass is 32.2. The summed E-state index contributed by atoms with van der Waals surface area (Å²) >= 11 is 2.16. The van der Waals surface area contributed by atoms with E-state index >= 15 is 0 Å². The number of rotatable bonds is 8. The molecule has 2 heteroatoms. The molecular weight excluding hydrogens is 387 g/mol. The molecule has 2 atom stereocenters. The minimum absolute atomic E-state index is 0.388. The molecule has 2 fully saturated rings. The van der Waals surface area contributed by atoms with E-state index in [4.69, 9.17) is 0 Å². The Morgan fingerprint density at radius 1 is 0.931 bits per heavy atom. The Labute approximate surface area is 183 Å². The average Bonchev–Trinajstić information content (AvgIpc) is 3.41. The van der Waals surface area contributed by atoms with Crippen molar-refractivity contribution in [3.63, 3.8) is 0 Å². The first-order valence-corrected chi connectivity index (χ1v) is 13.7. The molecule has 2 aliphatic carbocycles. The second-order valence-electron chi connectivity index (χ2n) is 8.77. The zero-order chi connectivity index (χ0) is 20.1. The summed E-state index contributed by atoms with van der Waals surface area (Å²) in [7, 11) is -0.388. The van der Waals surface area contributed by atoms with Crippen molar-refractivity contribution < 1.29 is 0 Å². The maximum atomic E-state index is 4.48. The summed E-state index contributed by atoms with van der Waals surface area (Å²) in [6, 6.07) is 23.0. The summed E-state index contributed by atoms with van der Waals surface area (Å²) in [4.78, 5) is 1.41. The van der Waals surface area contributed by atoms with Crippen LogP contribution in [0.1, 0.15) is 64.7 Å². The molecule has 4 rings (SSSR count). The van der Waals surface area contributed by atoms with Gasteiger partial charge in [0.1, 0.15) is 0 Å². The van der Waals surface area contributed by atoms with Gasteiger partial charge in [0.05, 0.1) is 0 Å². The fourth-order valence-corrected chi connectivity index (χ4v) is 11.4. The van der Waals surface area contributed by atoms with E-state index in [1.807, 2.05) is 0 Å². The van der Waals surface area contributed by atoms with Crippen LogP contribution >= 0.6 is 19.7 Å². The monoisotopic (exact) mass is 422 g/mol. The number of hydrogen-bond donors (Lipinski definition) is 0. The zero-order valence-corrected chi connectivity index (χ0v) is 19.6. The lowest BCUT2D eigenvalue weighted by Gasteiger charge is -2.48. The van der Waals surface area contributed by atoms with Gasteiger partial charge < -0.3 is 0 Å². The van der Waals surface area contributed by atoms with Crippen molar-refractivity contribution in [1.82, 2.24) is 0 Å². The SMILES string of the molecule is C=C(CCC)S[C@H]1CCCC1(C1CCCC1)P(c1ccccc1)c1ccccc1. The van der Waals surface area contributed by atoms with Crippen molar-refractivity contribution in [2.45, 2.75) is 75.1 Å². The summed E-state index contributed by atoms with van der Waals surface area (Å²) in [6.45, 7) is 6.76. The molecule has 0 aromatic heterocycles. The van der Waals surface area contributed by atoms with E-state index < -0.39 is 0 Å². The lowest BCUT2D eigenvalue weighted by Crippen LogP contribution is -2.45. The van der Waals surface area contributed by atoms with Crippen molar-refractivity contribution in [1.29, 1.82) is 0 Å². The van der Waals surface area contributed by atoms with Crippen LogP contribution in [0.2, 0.25) is 0 Å². The summed E-state index contributed by atoms with van der Waals surface area (Å²) in [6.07, 6.45) is 12.2. The minimum Gasteiger partial charge on any atom is -0.127 e. The van der Waals surface area contributed by atoms with Gasteiger partial charge in [0.2, 0.25) is 0 Å². The van der Waals surface area contributed by atoms with Gasteiger partial charge in [-0.1, -0.05) is 99.8 Å². The van der Waals surface area contributed by atoms with Crippen LogP contribution in [0.15, 0.2) is 72.1 Å². The van der Waals surface area contributed by atoms with Gasteiger partial charge in [0, 0.05) is 10.4 Å². The smallest absolute Gasteiger partial charge is 0.0195 e. The molecule has 0 radical (unpaired) electrons. The Morgan fingerprint density at radius 2 is 1.52 bits per heavy atom. The molecule has 0 amide bonds.